The van der Waals surface area contributed by atoms with E-state index < -0.39 is 12.0 Å². The van der Waals surface area contributed by atoms with Crippen LogP contribution in [0.5, 0.6) is 11.5 Å². The van der Waals surface area contributed by atoms with Crippen molar-refractivity contribution in [3.05, 3.63) is 87.9 Å². The van der Waals surface area contributed by atoms with Crippen molar-refractivity contribution in [2.24, 2.45) is 5.41 Å². The first-order valence-corrected chi connectivity index (χ1v) is 13.4. The van der Waals surface area contributed by atoms with E-state index in [9.17, 15) is 4.79 Å². The van der Waals surface area contributed by atoms with E-state index >= 15 is 0 Å². The van der Waals surface area contributed by atoms with Crippen molar-refractivity contribution in [1.82, 2.24) is 0 Å². The predicted molar refractivity (Wildman–Crippen MR) is 152 cm³/mol. The second-order valence-corrected chi connectivity index (χ2v) is 11.2. The number of amides is 1. The maximum absolute atomic E-state index is 14.6. The lowest BCUT2D eigenvalue weighted by Gasteiger charge is -2.46. The highest BCUT2D eigenvalue weighted by molar-refractivity contribution is 6.30. The first-order chi connectivity index (χ1) is 18.1. The van der Waals surface area contributed by atoms with Crippen LogP contribution >= 0.6 is 11.6 Å². The molecule has 4 rings (SSSR count). The fourth-order valence-electron chi connectivity index (χ4n) is 5.20. The minimum absolute atomic E-state index is 0.0249. The number of nitriles is 1. The Balaban J connectivity index is 2.03. The number of hydrogen-bond acceptors (Lipinski definition) is 4. The van der Waals surface area contributed by atoms with Crippen molar-refractivity contribution < 1.29 is 14.3 Å². The van der Waals surface area contributed by atoms with Gasteiger partial charge in [0.2, 0.25) is 5.91 Å². The third-order valence-corrected chi connectivity index (χ3v) is 7.71. The number of ether oxygens (including phenoxy) is 2. The summed E-state index contributed by atoms with van der Waals surface area (Å²) in [7, 11) is 1.63. The molecule has 2 atom stereocenters. The SMILES string of the molecule is CCC(C)(C)C1C(=O)N(c2ccc(CC#N)cc2)C(c2ccc(Cl)cc2)c2cc(OC(C)C)c(OC)cc21. The summed E-state index contributed by atoms with van der Waals surface area (Å²) >= 11 is 6.26. The molecule has 3 aromatic rings. The van der Waals surface area contributed by atoms with Gasteiger partial charge in [0, 0.05) is 10.7 Å². The van der Waals surface area contributed by atoms with Crippen molar-refractivity contribution in [3.8, 4) is 17.6 Å². The Morgan fingerprint density at radius 1 is 1.03 bits per heavy atom. The molecule has 6 heteroatoms. The first-order valence-electron chi connectivity index (χ1n) is 13.0. The van der Waals surface area contributed by atoms with Gasteiger partial charge >= 0.3 is 0 Å². The summed E-state index contributed by atoms with van der Waals surface area (Å²) in [5, 5.41) is 9.77. The quantitative estimate of drug-likeness (QED) is 0.297. The molecular formula is C32H35ClN2O3. The van der Waals surface area contributed by atoms with Gasteiger partial charge in [-0.25, -0.2) is 0 Å². The Kier molecular flexibility index (Phi) is 8.04. The van der Waals surface area contributed by atoms with Gasteiger partial charge in [0.15, 0.2) is 11.5 Å². The van der Waals surface area contributed by atoms with Crippen molar-refractivity contribution in [2.75, 3.05) is 12.0 Å². The molecule has 1 aliphatic heterocycles. The van der Waals surface area contributed by atoms with Crippen molar-refractivity contribution >= 4 is 23.2 Å². The van der Waals surface area contributed by atoms with Gasteiger partial charge in [-0.15, -0.1) is 0 Å². The number of carbonyl (C=O) groups excluding carboxylic acids is 1. The lowest BCUT2D eigenvalue weighted by atomic mass is 9.67. The zero-order valence-corrected chi connectivity index (χ0v) is 23.7. The summed E-state index contributed by atoms with van der Waals surface area (Å²) in [6.07, 6.45) is 1.09. The molecule has 0 N–H and O–H groups in total. The Morgan fingerprint density at radius 3 is 2.21 bits per heavy atom. The van der Waals surface area contributed by atoms with E-state index in [-0.39, 0.29) is 17.4 Å². The molecule has 38 heavy (non-hydrogen) atoms. The van der Waals surface area contributed by atoms with Gasteiger partial charge in [-0.05, 0) is 84.3 Å². The Morgan fingerprint density at radius 2 is 1.66 bits per heavy atom. The van der Waals surface area contributed by atoms with Crippen LogP contribution in [-0.4, -0.2) is 19.1 Å². The van der Waals surface area contributed by atoms with Crippen LogP contribution in [0.4, 0.5) is 5.69 Å². The normalized spacial score (nSPS) is 17.2. The maximum Gasteiger partial charge on any atom is 0.235 e. The summed E-state index contributed by atoms with van der Waals surface area (Å²) in [4.78, 5) is 16.5. The molecule has 0 fully saturated rings. The minimum Gasteiger partial charge on any atom is -0.493 e. The number of carbonyl (C=O) groups is 1. The summed E-state index contributed by atoms with van der Waals surface area (Å²) in [6, 6.07) is 21.2. The summed E-state index contributed by atoms with van der Waals surface area (Å²) in [5.74, 6) is 0.891. The predicted octanol–water partition coefficient (Wildman–Crippen LogP) is 7.86. The second-order valence-electron chi connectivity index (χ2n) is 10.7. The monoisotopic (exact) mass is 530 g/mol. The van der Waals surface area contributed by atoms with Gasteiger partial charge in [0.25, 0.3) is 0 Å². The molecule has 0 aliphatic carbocycles. The van der Waals surface area contributed by atoms with Crippen LogP contribution in [0.25, 0.3) is 0 Å². The number of halogens is 1. The van der Waals surface area contributed by atoms with Gasteiger partial charge < -0.3 is 14.4 Å². The van der Waals surface area contributed by atoms with Crippen LogP contribution in [-0.2, 0) is 11.2 Å². The van der Waals surface area contributed by atoms with Crippen LogP contribution < -0.4 is 14.4 Å². The fraction of sp³-hybridized carbons (Fsp3) is 0.375. The number of hydrogen-bond donors (Lipinski definition) is 0. The molecule has 2 unspecified atom stereocenters. The molecule has 1 heterocycles. The van der Waals surface area contributed by atoms with Gasteiger partial charge in [-0.1, -0.05) is 56.6 Å². The number of rotatable bonds is 8. The molecule has 0 radical (unpaired) electrons. The summed E-state index contributed by atoms with van der Waals surface area (Å²) in [6.45, 7) is 10.4. The van der Waals surface area contributed by atoms with Crippen molar-refractivity contribution in [3.63, 3.8) is 0 Å². The molecule has 0 spiro atoms. The molecule has 3 aromatic carbocycles. The van der Waals surface area contributed by atoms with Crippen LogP contribution in [0.1, 0.15) is 75.3 Å². The average molecular weight is 531 g/mol. The van der Waals surface area contributed by atoms with Crippen molar-refractivity contribution in [1.29, 1.82) is 5.26 Å². The summed E-state index contributed by atoms with van der Waals surface area (Å²) in [5.41, 5.74) is 4.26. The molecule has 0 saturated heterocycles. The zero-order valence-electron chi connectivity index (χ0n) is 22.9. The molecule has 198 valence electrons. The van der Waals surface area contributed by atoms with E-state index in [1.54, 1.807) is 7.11 Å². The number of benzene rings is 3. The van der Waals surface area contributed by atoms with E-state index in [4.69, 9.17) is 26.3 Å². The molecule has 0 bridgehead atoms. The van der Waals surface area contributed by atoms with E-state index in [2.05, 4.69) is 26.8 Å². The highest BCUT2D eigenvalue weighted by atomic mass is 35.5. The number of nitrogens with zero attached hydrogens (tertiary/aromatic N) is 2. The second kappa shape index (κ2) is 11.1. The van der Waals surface area contributed by atoms with Gasteiger partial charge in [0.1, 0.15) is 0 Å². The maximum atomic E-state index is 14.6. The third kappa shape index (κ3) is 5.24. The zero-order chi connectivity index (χ0) is 27.6. The standard InChI is InChI=1S/C32H35ClN2O3/c1-7-32(4,5)29-25-18-27(37-6)28(38-20(2)3)19-26(25)30(22-10-12-23(33)13-11-22)35(31(29)36)24-14-8-21(9-15-24)16-17-34/h8-15,18-20,29-30H,7,16H2,1-6H3. The first kappa shape index (κ1) is 27.5. The van der Waals surface area contributed by atoms with Crippen LogP contribution in [0.3, 0.4) is 0 Å². The highest BCUT2D eigenvalue weighted by Crippen LogP contribution is 2.52. The lowest BCUT2D eigenvalue weighted by molar-refractivity contribution is -0.123. The lowest BCUT2D eigenvalue weighted by Crippen LogP contribution is -2.47. The van der Waals surface area contributed by atoms with Gasteiger partial charge in [0.05, 0.1) is 37.7 Å². The fourth-order valence-corrected chi connectivity index (χ4v) is 5.32. The number of methoxy groups -OCH3 is 1. The summed E-state index contributed by atoms with van der Waals surface area (Å²) < 4.78 is 11.9. The molecule has 1 amide bonds. The Labute approximate surface area is 230 Å². The van der Waals surface area contributed by atoms with E-state index in [0.29, 0.717) is 22.9 Å². The minimum atomic E-state index is -0.402. The number of fused-ring (bicyclic) bond motifs is 1. The van der Waals surface area contributed by atoms with E-state index in [1.165, 1.54) is 0 Å². The molecule has 1 aliphatic rings. The topological polar surface area (TPSA) is 62.6 Å². The van der Waals surface area contributed by atoms with E-state index in [0.717, 1.165) is 34.4 Å². The molecule has 0 aromatic heterocycles. The van der Waals surface area contributed by atoms with Crippen LogP contribution in [0.2, 0.25) is 5.02 Å². The van der Waals surface area contributed by atoms with Gasteiger partial charge in [-0.3, -0.25) is 4.79 Å². The Hall–Kier alpha value is -3.49. The van der Waals surface area contributed by atoms with E-state index in [1.807, 2.05) is 79.4 Å². The van der Waals surface area contributed by atoms with Gasteiger partial charge in [-0.2, -0.15) is 5.26 Å². The van der Waals surface area contributed by atoms with Crippen LogP contribution in [0, 0.1) is 16.7 Å². The smallest absolute Gasteiger partial charge is 0.235 e. The Bertz CT molecular complexity index is 1340. The molecular weight excluding hydrogens is 496 g/mol. The molecule has 0 saturated carbocycles. The molecule has 5 nitrogen and oxygen atoms in total. The van der Waals surface area contributed by atoms with Crippen LogP contribution in [0.15, 0.2) is 60.7 Å². The average Bonchev–Trinajstić information content (AvgIpc) is 2.88. The number of anilines is 1. The van der Waals surface area contributed by atoms with Crippen molar-refractivity contribution in [2.45, 2.75) is 65.5 Å². The highest BCUT2D eigenvalue weighted by Gasteiger charge is 2.47. The third-order valence-electron chi connectivity index (χ3n) is 7.46. The largest absolute Gasteiger partial charge is 0.493 e.